The van der Waals surface area contributed by atoms with E-state index in [0.29, 0.717) is 5.92 Å². The van der Waals surface area contributed by atoms with E-state index in [0.717, 1.165) is 4.47 Å². The van der Waals surface area contributed by atoms with Crippen molar-refractivity contribution in [2.45, 2.75) is 25.7 Å². The van der Waals surface area contributed by atoms with E-state index in [9.17, 15) is 4.79 Å². The zero-order chi connectivity index (χ0) is 12.8. The van der Waals surface area contributed by atoms with E-state index in [1.54, 1.807) is 18.6 Å². The summed E-state index contributed by atoms with van der Waals surface area (Å²) < 4.78 is 0.773. The van der Waals surface area contributed by atoms with Gasteiger partial charge >= 0.3 is 6.03 Å². The second kappa shape index (κ2) is 6.49. The summed E-state index contributed by atoms with van der Waals surface area (Å²) in [5.74, 6) is 0.888. The molecule has 0 spiro atoms. The maximum Gasteiger partial charge on any atom is 0.325 e. The number of aromatic nitrogens is 2. The molecule has 2 N–H and O–H groups in total. The molecule has 1 aromatic heterocycles. The number of carbonyl (C=O) groups excluding carboxylic acids is 1. The zero-order valence-corrected chi connectivity index (χ0v) is 11.5. The third kappa shape index (κ3) is 4.10. The predicted molar refractivity (Wildman–Crippen MR) is 73.0 cm³/mol. The van der Waals surface area contributed by atoms with Gasteiger partial charge in [0.15, 0.2) is 0 Å². The zero-order valence-electron chi connectivity index (χ0n) is 9.90. The van der Waals surface area contributed by atoms with E-state index < -0.39 is 0 Å². The molecule has 1 fully saturated rings. The average Bonchev–Trinajstić information content (AvgIpc) is 2.85. The van der Waals surface area contributed by atoms with E-state index in [-0.39, 0.29) is 12.0 Å². The largest absolute Gasteiger partial charge is 0.325 e. The fraction of sp³-hybridized carbons (Fsp3) is 0.417. The molecule has 2 amide bonds. The first kappa shape index (κ1) is 13.0. The summed E-state index contributed by atoms with van der Waals surface area (Å²) in [4.78, 5) is 19.4. The van der Waals surface area contributed by atoms with Gasteiger partial charge in [-0.2, -0.15) is 0 Å². The van der Waals surface area contributed by atoms with Crippen LogP contribution in [0.5, 0.6) is 0 Å². The van der Waals surface area contributed by atoms with E-state index in [2.05, 4.69) is 42.6 Å². The second-order valence-electron chi connectivity index (χ2n) is 4.23. The van der Waals surface area contributed by atoms with Crippen LogP contribution in [0.1, 0.15) is 25.7 Å². The minimum Gasteiger partial charge on any atom is -0.315 e. The van der Waals surface area contributed by atoms with Crippen LogP contribution in [-0.4, -0.2) is 16.0 Å². The van der Waals surface area contributed by atoms with Gasteiger partial charge in [0.25, 0.3) is 0 Å². The van der Waals surface area contributed by atoms with Crippen molar-refractivity contribution in [1.82, 2.24) is 15.3 Å². The third-order valence-electron chi connectivity index (χ3n) is 2.83. The van der Waals surface area contributed by atoms with Gasteiger partial charge in [0.2, 0.25) is 5.95 Å². The first-order chi connectivity index (χ1) is 8.74. The molecule has 0 saturated heterocycles. The Morgan fingerprint density at radius 3 is 2.67 bits per heavy atom. The van der Waals surface area contributed by atoms with Crippen LogP contribution >= 0.6 is 15.9 Å². The fourth-order valence-corrected chi connectivity index (χ4v) is 2.13. The molecule has 0 aliphatic heterocycles. The quantitative estimate of drug-likeness (QED) is 0.901. The number of rotatable bonds is 3. The summed E-state index contributed by atoms with van der Waals surface area (Å²) in [6.45, 7) is 0. The Kier molecular flexibility index (Phi) is 4.69. The van der Waals surface area contributed by atoms with E-state index in [4.69, 9.17) is 0 Å². The Bertz CT molecular complexity index is 426. The summed E-state index contributed by atoms with van der Waals surface area (Å²) in [5.41, 5.74) is 0. The molecule has 1 aliphatic rings. The number of hydrogen-bond acceptors (Lipinski definition) is 3. The van der Waals surface area contributed by atoms with Crippen molar-refractivity contribution in [3.8, 4) is 0 Å². The Balaban J connectivity index is 1.76. The number of urea groups is 1. The van der Waals surface area contributed by atoms with Crippen LogP contribution in [0.15, 0.2) is 29.1 Å². The Morgan fingerprint density at radius 1 is 1.33 bits per heavy atom. The van der Waals surface area contributed by atoms with Crippen molar-refractivity contribution in [2.24, 2.45) is 5.92 Å². The lowest BCUT2D eigenvalue weighted by Crippen LogP contribution is -2.25. The molecule has 6 heteroatoms. The molecule has 0 aromatic carbocycles. The first-order valence-electron chi connectivity index (χ1n) is 5.96. The molecular formula is C12H15BrN4O. The number of halogens is 1. The first-order valence-corrected chi connectivity index (χ1v) is 6.75. The van der Waals surface area contributed by atoms with Gasteiger partial charge in [-0.15, -0.1) is 0 Å². The van der Waals surface area contributed by atoms with Crippen molar-refractivity contribution in [1.29, 1.82) is 0 Å². The van der Waals surface area contributed by atoms with Crippen LogP contribution in [-0.2, 0) is 0 Å². The number of amides is 2. The molecule has 1 aromatic rings. The molecule has 18 heavy (non-hydrogen) atoms. The average molecular weight is 311 g/mol. The SMILES string of the molecule is O=C(N/C=C/C1CCCC1)Nc1ncc(Br)cn1. The summed E-state index contributed by atoms with van der Waals surface area (Å²) in [7, 11) is 0. The minimum atomic E-state index is -0.327. The Labute approximate surface area is 114 Å². The lowest BCUT2D eigenvalue weighted by molar-refractivity contribution is 0.255. The maximum absolute atomic E-state index is 11.5. The number of allylic oxidation sites excluding steroid dienone is 1. The normalized spacial score (nSPS) is 16.1. The van der Waals surface area contributed by atoms with Gasteiger partial charge in [0.05, 0.1) is 4.47 Å². The third-order valence-corrected chi connectivity index (χ3v) is 3.24. The molecule has 1 saturated carbocycles. The van der Waals surface area contributed by atoms with Gasteiger partial charge < -0.3 is 5.32 Å². The summed E-state index contributed by atoms with van der Waals surface area (Å²) in [6, 6.07) is -0.327. The summed E-state index contributed by atoms with van der Waals surface area (Å²) in [5, 5.41) is 5.20. The van der Waals surface area contributed by atoms with Crippen LogP contribution < -0.4 is 10.6 Å². The molecule has 96 valence electrons. The Morgan fingerprint density at radius 2 is 2.00 bits per heavy atom. The lowest BCUT2D eigenvalue weighted by Gasteiger charge is -2.03. The van der Waals surface area contributed by atoms with Crippen molar-refractivity contribution in [2.75, 3.05) is 5.32 Å². The van der Waals surface area contributed by atoms with Gasteiger partial charge in [-0.05, 0) is 34.7 Å². The molecular weight excluding hydrogens is 296 g/mol. The highest BCUT2D eigenvalue weighted by atomic mass is 79.9. The smallest absolute Gasteiger partial charge is 0.315 e. The lowest BCUT2D eigenvalue weighted by atomic mass is 10.1. The van der Waals surface area contributed by atoms with Gasteiger partial charge in [0.1, 0.15) is 0 Å². The monoisotopic (exact) mass is 310 g/mol. The van der Waals surface area contributed by atoms with Gasteiger partial charge in [-0.3, -0.25) is 5.32 Å². The predicted octanol–water partition coefficient (Wildman–Crippen LogP) is 3.06. The summed E-state index contributed by atoms with van der Waals surface area (Å²) in [6.07, 6.45) is 11.9. The maximum atomic E-state index is 11.5. The van der Waals surface area contributed by atoms with E-state index >= 15 is 0 Å². The highest BCUT2D eigenvalue weighted by molar-refractivity contribution is 9.10. The molecule has 5 nitrogen and oxygen atoms in total. The van der Waals surface area contributed by atoms with Gasteiger partial charge in [0, 0.05) is 18.6 Å². The van der Waals surface area contributed by atoms with Crippen LogP contribution in [0.4, 0.5) is 10.7 Å². The van der Waals surface area contributed by atoms with Crippen molar-refractivity contribution >= 4 is 27.9 Å². The summed E-state index contributed by atoms with van der Waals surface area (Å²) >= 11 is 3.23. The second-order valence-corrected chi connectivity index (χ2v) is 5.14. The molecule has 0 unspecified atom stereocenters. The number of carbonyl (C=O) groups is 1. The van der Waals surface area contributed by atoms with Crippen LogP contribution in [0.25, 0.3) is 0 Å². The molecule has 0 atom stereocenters. The highest BCUT2D eigenvalue weighted by Gasteiger charge is 2.11. The topological polar surface area (TPSA) is 66.9 Å². The standard InChI is InChI=1S/C12H15BrN4O/c13-10-7-15-11(16-8-10)17-12(18)14-6-5-9-3-1-2-4-9/h5-9H,1-4H2,(H2,14,15,16,17,18)/b6-5+. The van der Waals surface area contributed by atoms with Crippen molar-refractivity contribution in [3.05, 3.63) is 29.1 Å². The fourth-order valence-electron chi connectivity index (χ4n) is 1.92. The molecule has 0 bridgehead atoms. The molecule has 1 aliphatic carbocycles. The van der Waals surface area contributed by atoms with E-state index in [1.165, 1.54) is 25.7 Å². The number of anilines is 1. The van der Waals surface area contributed by atoms with Crippen LogP contribution in [0.2, 0.25) is 0 Å². The highest BCUT2D eigenvalue weighted by Crippen LogP contribution is 2.25. The van der Waals surface area contributed by atoms with Gasteiger partial charge in [-0.1, -0.05) is 18.9 Å². The van der Waals surface area contributed by atoms with E-state index in [1.807, 2.05) is 0 Å². The molecule has 2 rings (SSSR count). The molecule has 0 radical (unpaired) electrons. The van der Waals surface area contributed by atoms with Crippen LogP contribution in [0.3, 0.4) is 0 Å². The molecule has 1 heterocycles. The van der Waals surface area contributed by atoms with Gasteiger partial charge in [-0.25, -0.2) is 14.8 Å². The Hall–Kier alpha value is -1.43. The number of nitrogens with zero attached hydrogens (tertiary/aromatic N) is 2. The number of hydrogen-bond donors (Lipinski definition) is 2. The van der Waals surface area contributed by atoms with Crippen molar-refractivity contribution in [3.63, 3.8) is 0 Å². The van der Waals surface area contributed by atoms with Crippen LogP contribution in [0, 0.1) is 5.92 Å². The number of nitrogens with one attached hydrogen (secondary N) is 2. The minimum absolute atomic E-state index is 0.282. The van der Waals surface area contributed by atoms with Crippen molar-refractivity contribution < 1.29 is 4.79 Å².